The number of esters is 1. The molecule has 0 N–H and O–H groups in total. The molecule has 2 fully saturated rings. The van der Waals surface area contributed by atoms with Gasteiger partial charge in [-0.25, -0.2) is 9.48 Å². The topological polar surface area (TPSA) is 47.4 Å². The van der Waals surface area contributed by atoms with E-state index in [-0.39, 0.29) is 11.4 Å². The maximum Gasteiger partial charge on any atom is 0.340 e. The van der Waals surface area contributed by atoms with E-state index < -0.39 is 0 Å². The van der Waals surface area contributed by atoms with Crippen LogP contribution in [0.2, 0.25) is 0 Å². The third-order valence-corrected chi connectivity index (χ3v) is 7.84. The van der Waals surface area contributed by atoms with Gasteiger partial charge in [0.1, 0.15) is 5.52 Å². The molecule has 0 radical (unpaired) electrons. The van der Waals surface area contributed by atoms with Crippen molar-refractivity contribution in [1.82, 2.24) is 14.7 Å². The highest BCUT2D eigenvalue weighted by atomic mass is 16.5. The Morgan fingerprint density at radius 3 is 2.68 bits per heavy atom. The lowest BCUT2D eigenvalue weighted by Crippen LogP contribution is -2.31. The summed E-state index contributed by atoms with van der Waals surface area (Å²) in [4.78, 5) is 14.8. The van der Waals surface area contributed by atoms with Crippen LogP contribution in [0.25, 0.3) is 16.6 Å². The molecular formula is C29H29N3O2. The summed E-state index contributed by atoms with van der Waals surface area (Å²) in [5.74, 6) is 0.357. The molecule has 2 heterocycles. The summed E-state index contributed by atoms with van der Waals surface area (Å²) < 4.78 is 6.79. The van der Waals surface area contributed by atoms with Crippen LogP contribution in [0.5, 0.6) is 0 Å². The van der Waals surface area contributed by atoms with Crippen LogP contribution in [0, 0.1) is 5.92 Å². The van der Waals surface area contributed by atoms with Crippen LogP contribution >= 0.6 is 0 Å². The zero-order valence-corrected chi connectivity index (χ0v) is 19.5. The van der Waals surface area contributed by atoms with Gasteiger partial charge in [0.05, 0.1) is 18.4 Å². The van der Waals surface area contributed by atoms with Crippen molar-refractivity contribution in [3.05, 3.63) is 95.7 Å². The zero-order valence-electron chi connectivity index (χ0n) is 19.5. The van der Waals surface area contributed by atoms with Crippen LogP contribution in [-0.4, -0.2) is 40.8 Å². The third-order valence-electron chi connectivity index (χ3n) is 7.84. The molecule has 6 rings (SSSR count). The van der Waals surface area contributed by atoms with Gasteiger partial charge >= 0.3 is 5.97 Å². The zero-order chi connectivity index (χ0) is 23.1. The van der Waals surface area contributed by atoms with E-state index in [1.54, 1.807) is 6.07 Å². The molecule has 1 aliphatic carbocycles. The number of benzene rings is 3. The van der Waals surface area contributed by atoms with Gasteiger partial charge in [-0.15, -0.1) is 0 Å². The number of methoxy groups -OCH3 is 1. The van der Waals surface area contributed by atoms with Gasteiger partial charge in [0.2, 0.25) is 0 Å². The summed E-state index contributed by atoms with van der Waals surface area (Å²) in [6.45, 7) is 3.33. The van der Waals surface area contributed by atoms with E-state index in [1.807, 2.05) is 23.0 Å². The quantitative estimate of drug-likeness (QED) is 0.383. The van der Waals surface area contributed by atoms with Gasteiger partial charge in [0.25, 0.3) is 0 Å². The monoisotopic (exact) mass is 451 g/mol. The van der Waals surface area contributed by atoms with E-state index in [2.05, 4.69) is 59.5 Å². The normalized spacial score (nSPS) is 22.2. The Labute approximate surface area is 200 Å². The Bertz CT molecular complexity index is 1330. The van der Waals surface area contributed by atoms with E-state index >= 15 is 0 Å². The SMILES string of the molecule is COC(=O)c1cccc2cn(-c3ccc(C45CCCC4CN(Cc4ccccc4)C5)cc3)nc12. The van der Waals surface area contributed by atoms with Crippen LogP contribution in [0.1, 0.15) is 40.7 Å². The minimum atomic E-state index is -0.362. The minimum Gasteiger partial charge on any atom is -0.465 e. The van der Waals surface area contributed by atoms with Crippen molar-refractivity contribution >= 4 is 16.9 Å². The maximum atomic E-state index is 12.1. The Balaban J connectivity index is 1.27. The summed E-state index contributed by atoms with van der Waals surface area (Å²) in [5, 5.41) is 5.64. The average molecular weight is 452 g/mol. The summed E-state index contributed by atoms with van der Waals surface area (Å²) in [6.07, 6.45) is 5.86. The van der Waals surface area contributed by atoms with Gasteiger partial charge in [-0.05, 0) is 48.1 Å². The summed E-state index contributed by atoms with van der Waals surface area (Å²) in [7, 11) is 1.40. The molecular weight excluding hydrogens is 422 g/mol. The summed E-state index contributed by atoms with van der Waals surface area (Å²) >= 11 is 0. The smallest absolute Gasteiger partial charge is 0.340 e. The highest BCUT2D eigenvalue weighted by molar-refractivity contribution is 6.02. The van der Waals surface area contributed by atoms with E-state index in [4.69, 9.17) is 9.84 Å². The van der Waals surface area contributed by atoms with Crippen molar-refractivity contribution in [3.63, 3.8) is 0 Å². The second kappa shape index (κ2) is 8.41. The predicted molar refractivity (Wildman–Crippen MR) is 133 cm³/mol. The van der Waals surface area contributed by atoms with Crippen LogP contribution < -0.4 is 0 Å². The largest absolute Gasteiger partial charge is 0.465 e. The molecule has 0 bridgehead atoms. The Kier molecular flexibility index (Phi) is 5.22. The van der Waals surface area contributed by atoms with Crippen molar-refractivity contribution in [2.45, 2.75) is 31.2 Å². The lowest BCUT2D eigenvalue weighted by molar-refractivity contribution is 0.0602. The van der Waals surface area contributed by atoms with Crippen LogP contribution in [0.15, 0.2) is 79.0 Å². The first kappa shape index (κ1) is 21.1. The molecule has 3 aromatic carbocycles. The standard InChI is InChI=1S/C29H29N3O2/c1-34-28(33)26-11-5-9-22-18-32(30-27(22)26)25-14-12-23(13-15-25)29-16-6-10-24(29)19-31(20-29)17-21-7-3-2-4-8-21/h2-5,7-9,11-15,18,24H,6,10,16-17,19-20H2,1H3. The van der Waals surface area contributed by atoms with Gasteiger partial charge in [-0.2, -0.15) is 5.10 Å². The first-order valence-corrected chi connectivity index (χ1v) is 12.1. The first-order valence-electron chi connectivity index (χ1n) is 12.1. The molecule has 2 atom stereocenters. The lowest BCUT2D eigenvalue weighted by Gasteiger charge is -2.30. The molecule has 172 valence electrons. The van der Waals surface area contributed by atoms with Crippen molar-refractivity contribution in [3.8, 4) is 5.69 Å². The fourth-order valence-corrected chi connectivity index (χ4v) is 6.23. The van der Waals surface area contributed by atoms with Gasteiger partial charge in [-0.1, -0.05) is 61.0 Å². The van der Waals surface area contributed by atoms with Gasteiger partial charge < -0.3 is 4.74 Å². The first-order chi connectivity index (χ1) is 16.7. The fourth-order valence-electron chi connectivity index (χ4n) is 6.23. The molecule has 2 unspecified atom stereocenters. The highest BCUT2D eigenvalue weighted by Gasteiger charge is 2.50. The van der Waals surface area contributed by atoms with Crippen molar-refractivity contribution < 1.29 is 9.53 Å². The number of nitrogens with zero attached hydrogens (tertiary/aromatic N) is 3. The minimum absolute atomic E-state index is 0.250. The predicted octanol–water partition coefficient (Wildman–Crippen LogP) is 5.37. The van der Waals surface area contributed by atoms with E-state index in [9.17, 15) is 4.79 Å². The number of ether oxygens (including phenoxy) is 1. The number of carbonyl (C=O) groups is 1. The van der Waals surface area contributed by atoms with Gasteiger partial charge in [0.15, 0.2) is 0 Å². The van der Waals surface area contributed by atoms with E-state index in [0.29, 0.717) is 11.1 Å². The number of fused-ring (bicyclic) bond motifs is 2. The average Bonchev–Trinajstić information content (AvgIpc) is 3.57. The molecule has 34 heavy (non-hydrogen) atoms. The van der Waals surface area contributed by atoms with Crippen LogP contribution in [0.3, 0.4) is 0 Å². The van der Waals surface area contributed by atoms with Crippen LogP contribution in [-0.2, 0) is 16.7 Å². The molecule has 4 aromatic rings. The molecule has 1 saturated carbocycles. The van der Waals surface area contributed by atoms with Crippen LogP contribution in [0.4, 0.5) is 0 Å². The highest BCUT2D eigenvalue weighted by Crippen LogP contribution is 2.50. The van der Waals surface area contributed by atoms with Gasteiger partial charge in [-0.3, -0.25) is 4.90 Å². The molecule has 0 amide bonds. The molecule has 1 aromatic heterocycles. The molecule has 1 saturated heterocycles. The molecule has 5 nitrogen and oxygen atoms in total. The van der Waals surface area contributed by atoms with E-state index in [1.165, 1.54) is 44.0 Å². The van der Waals surface area contributed by atoms with Crippen molar-refractivity contribution in [2.24, 2.45) is 5.92 Å². The number of carbonyl (C=O) groups excluding carboxylic acids is 1. The van der Waals surface area contributed by atoms with E-state index in [0.717, 1.165) is 30.1 Å². The van der Waals surface area contributed by atoms with Gasteiger partial charge in [0, 0.05) is 36.6 Å². The Hall–Kier alpha value is -3.44. The second-order valence-corrected chi connectivity index (χ2v) is 9.76. The Morgan fingerprint density at radius 1 is 1.06 bits per heavy atom. The number of hydrogen-bond acceptors (Lipinski definition) is 4. The molecule has 2 aliphatic rings. The maximum absolute atomic E-state index is 12.1. The summed E-state index contributed by atoms with van der Waals surface area (Å²) in [6, 6.07) is 25.4. The number of likely N-dealkylation sites (tertiary alicyclic amines) is 1. The molecule has 1 aliphatic heterocycles. The lowest BCUT2D eigenvalue weighted by atomic mass is 9.74. The van der Waals surface area contributed by atoms with Crippen molar-refractivity contribution in [1.29, 1.82) is 0 Å². The molecule has 0 spiro atoms. The second-order valence-electron chi connectivity index (χ2n) is 9.76. The summed E-state index contributed by atoms with van der Waals surface area (Å²) in [5.41, 5.74) is 5.25. The van der Waals surface area contributed by atoms with Crippen molar-refractivity contribution in [2.75, 3.05) is 20.2 Å². The number of hydrogen-bond donors (Lipinski definition) is 0. The number of aromatic nitrogens is 2. The fraction of sp³-hybridized carbons (Fsp3) is 0.310. The molecule has 5 heteroatoms. The Morgan fingerprint density at radius 2 is 1.88 bits per heavy atom. The number of rotatable bonds is 5. The third kappa shape index (κ3) is 3.51.